The Kier molecular flexibility index (Phi) is 9.61. The van der Waals surface area contributed by atoms with E-state index in [0.717, 1.165) is 27.1 Å². The van der Waals surface area contributed by atoms with Crippen molar-refractivity contribution in [2.24, 2.45) is 0 Å². The molecule has 0 aromatic heterocycles. The molecule has 0 radical (unpaired) electrons. The van der Waals surface area contributed by atoms with Crippen LogP contribution in [0.15, 0.2) is 72.8 Å². The molecule has 0 unspecified atom stereocenters. The van der Waals surface area contributed by atoms with E-state index in [1.165, 1.54) is 0 Å². The van der Waals surface area contributed by atoms with Crippen molar-refractivity contribution >= 4 is 39.5 Å². The molecule has 8 nitrogen and oxygen atoms in total. The fourth-order valence-corrected chi connectivity index (χ4v) is 3.98. The lowest BCUT2D eigenvalue weighted by molar-refractivity contribution is -0.304. The molecule has 202 valence electrons. The lowest BCUT2D eigenvalue weighted by Crippen LogP contribution is -2.09. The lowest BCUT2D eigenvalue weighted by Gasteiger charge is -2.08. The van der Waals surface area contributed by atoms with Gasteiger partial charge < -0.3 is 14.2 Å². The highest BCUT2D eigenvalue weighted by Crippen LogP contribution is 2.21. The third kappa shape index (κ3) is 7.40. The van der Waals surface area contributed by atoms with E-state index in [4.69, 9.17) is 24.0 Å². The normalized spacial score (nSPS) is 10.9. The summed E-state index contributed by atoms with van der Waals surface area (Å²) < 4.78 is 15.4. The van der Waals surface area contributed by atoms with Crippen LogP contribution in [0, 0.1) is 0 Å². The van der Waals surface area contributed by atoms with Crippen molar-refractivity contribution in [3.8, 4) is 0 Å². The van der Waals surface area contributed by atoms with Gasteiger partial charge in [-0.15, -0.1) is 0 Å². The van der Waals surface area contributed by atoms with Gasteiger partial charge in [-0.25, -0.2) is 24.2 Å². The van der Waals surface area contributed by atoms with Gasteiger partial charge in [-0.2, -0.15) is 0 Å². The molecule has 0 saturated carbocycles. The molecule has 4 aromatic carbocycles. The van der Waals surface area contributed by atoms with Crippen LogP contribution in [-0.4, -0.2) is 44.3 Å². The van der Waals surface area contributed by atoms with Gasteiger partial charge in [-0.1, -0.05) is 30.3 Å². The smallest absolute Gasteiger partial charge is 0.338 e. The summed E-state index contributed by atoms with van der Waals surface area (Å²) >= 11 is 0. The lowest BCUT2D eigenvalue weighted by atomic mass is 10.0. The Hall–Kier alpha value is -4.27. The number of benzene rings is 4. The van der Waals surface area contributed by atoms with Gasteiger partial charge in [-0.05, 0) is 83.4 Å². The van der Waals surface area contributed by atoms with Crippen LogP contribution in [0.2, 0.25) is 0 Å². The second kappa shape index (κ2) is 13.5. The predicted molar refractivity (Wildman–Crippen MR) is 145 cm³/mol. The first-order valence-corrected chi connectivity index (χ1v) is 12.8. The third-order valence-corrected chi connectivity index (χ3v) is 5.92. The fourth-order valence-electron chi connectivity index (χ4n) is 3.98. The van der Waals surface area contributed by atoms with Gasteiger partial charge in [0.25, 0.3) is 0 Å². The molecule has 0 atom stereocenters. The van der Waals surface area contributed by atoms with Crippen molar-refractivity contribution in [3.63, 3.8) is 0 Å². The number of hydrogen-bond donors (Lipinski definition) is 0. The standard InChI is InChI=1S/C31H30O8/c1-3-35-29(32)26-11-8-22-16-21(6-7-23(22)17-26)20-39-38-15-5-14-37-31(34)28-13-10-24-18-27(30(33)36-4-2)12-9-25(24)19-28/h6-13,16-19H,3-5,14-15,20H2,1-2H3. The average Bonchev–Trinajstić information content (AvgIpc) is 2.95. The van der Waals surface area contributed by atoms with Crippen LogP contribution < -0.4 is 0 Å². The van der Waals surface area contributed by atoms with E-state index in [1.807, 2.05) is 24.3 Å². The first-order chi connectivity index (χ1) is 19.0. The summed E-state index contributed by atoms with van der Waals surface area (Å²) in [6, 6.07) is 21.6. The fraction of sp³-hybridized carbons (Fsp3) is 0.258. The Labute approximate surface area is 226 Å². The van der Waals surface area contributed by atoms with Crippen LogP contribution in [0.25, 0.3) is 21.5 Å². The number of carbonyl (C=O) groups is 3. The van der Waals surface area contributed by atoms with E-state index in [2.05, 4.69) is 0 Å². The van der Waals surface area contributed by atoms with Gasteiger partial charge in [0.1, 0.15) is 6.61 Å². The van der Waals surface area contributed by atoms with Gasteiger partial charge in [-0.3, -0.25) is 0 Å². The molecule has 0 heterocycles. The minimum atomic E-state index is -0.436. The van der Waals surface area contributed by atoms with E-state index in [0.29, 0.717) is 36.3 Å². The maximum absolute atomic E-state index is 12.4. The molecule has 0 spiro atoms. The van der Waals surface area contributed by atoms with Gasteiger partial charge in [0, 0.05) is 6.42 Å². The van der Waals surface area contributed by atoms with E-state index in [-0.39, 0.29) is 31.8 Å². The molecule has 8 heteroatoms. The third-order valence-electron chi connectivity index (χ3n) is 5.92. The maximum atomic E-state index is 12.4. The van der Waals surface area contributed by atoms with Gasteiger partial charge in [0.05, 0.1) is 43.1 Å². The Balaban J connectivity index is 1.18. The summed E-state index contributed by atoms with van der Waals surface area (Å²) in [6.45, 7) is 4.88. The van der Waals surface area contributed by atoms with Crippen molar-refractivity contribution in [1.29, 1.82) is 0 Å². The van der Waals surface area contributed by atoms with E-state index in [9.17, 15) is 14.4 Å². The summed E-state index contributed by atoms with van der Waals surface area (Å²) in [5.74, 6) is -1.15. The molecule has 0 aliphatic carbocycles. The van der Waals surface area contributed by atoms with Crippen molar-refractivity contribution in [2.75, 3.05) is 26.4 Å². The maximum Gasteiger partial charge on any atom is 0.338 e. The van der Waals surface area contributed by atoms with Crippen LogP contribution in [0.3, 0.4) is 0 Å². The first kappa shape index (κ1) is 27.8. The minimum absolute atomic E-state index is 0.181. The molecular weight excluding hydrogens is 500 g/mol. The topological polar surface area (TPSA) is 97.4 Å². The zero-order valence-electron chi connectivity index (χ0n) is 21.9. The summed E-state index contributed by atoms with van der Waals surface area (Å²) in [4.78, 5) is 46.8. The minimum Gasteiger partial charge on any atom is -0.462 e. The molecule has 0 bridgehead atoms. The Morgan fingerprint density at radius 3 is 1.51 bits per heavy atom. The molecule has 0 saturated heterocycles. The number of fused-ring (bicyclic) bond motifs is 2. The summed E-state index contributed by atoms with van der Waals surface area (Å²) in [6.07, 6.45) is 0.469. The highest BCUT2D eigenvalue weighted by molar-refractivity contribution is 5.99. The molecule has 4 aromatic rings. The van der Waals surface area contributed by atoms with Crippen molar-refractivity contribution in [1.82, 2.24) is 0 Å². The highest BCUT2D eigenvalue weighted by Gasteiger charge is 2.11. The van der Waals surface area contributed by atoms with Crippen LogP contribution in [-0.2, 0) is 30.6 Å². The van der Waals surface area contributed by atoms with Crippen LogP contribution in [0.1, 0.15) is 56.9 Å². The Morgan fingerprint density at radius 1 is 0.538 bits per heavy atom. The second-order valence-corrected chi connectivity index (χ2v) is 8.69. The quantitative estimate of drug-likeness (QED) is 0.0719. The largest absolute Gasteiger partial charge is 0.462 e. The van der Waals surface area contributed by atoms with E-state index in [1.54, 1.807) is 62.4 Å². The number of rotatable bonds is 12. The summed E-state index contributed by atoms with van der Waals surface area (Å²) in [5, 5.41) is 3.56. The molecule has 0 N–H and O–H groups in total. The van der Waals surface area contributed by atoms with Crippen molar-refractivity contribution in [2.45, 2.75) is 26.9 Å². The molecular formula is C31H30O8. The van der Waals surface area contributed by atoms with Crippen LogP contribution >= 0.6 is 0 Å². The van der Waals surface area contributed by atoms with Gasteiger partial charge in [0.2, 0.25) is 0 Å². The van der Waals surface area contributed by atoms with Crippen molar-refractivity contribution in [3.05, 3.63) is 95.1 Å². The van der Waals surface area contributed by atoms with Gasteiger partial charge >= 0.3 is 17.9 Å². The molecule has 39 heavy (non-hydrogen) atoms. The van der Waals surface area contributed by atoms with Crippen LogP contribution in [0.5, 0.6) is 0 Å². The van der Waals surface area contributed by atoms with Crippen molar-refractivity contribution < 1.29 is 38.4 Å². The number of hydrogen-bond acceptors (Lipinski definition) is 8. The molecule has 0 amide bonds. The molecule has 4 rings (SSSR count). The zero-order valence-corrected chi connectivity index (χ0v) is 21.9. The predicted octanol–water partition coefficient (Wildman–Crippen LogP) is 6.04. The summed E-state index contributed by atoms with van der Waals surface area (Å²) in [5.41, 5.74) is 2.33. The van der Waals surface area contributed by atoms with Gasteiger partial charge in [0.15, 0.2) is 0 Å². The Morgan fingerprint density at radius 2 is 1.00 bits per heavy atom. The SMILES string of the molecule is CCOC(=O)c1ccc2cc(COOCCCOC(=O)c3ccc4cc(C(=O)OCC)ccc4c3)ccc2c1. The monoisotopic (exact) mass is 530 g/mol. The molecule has 0 aliphatic rings. The first-order valence-electron chi connectivity index (χ1n) is 12.8. The van der Waals surface area contributed by atoms with Crippen LogP contribution in [0.4, 0.5) is 0 Å². The number of esters is 3. The zero-order chi connectivity index (χ0) is 27.6. The number of ether oxygens (including phenoxy) is 3. The number of carbonyl (C=O) groups excluding carboxylic acids is 3. The average molecular weight is 531 g/mol. The Bertz CT molecular complexity index is 1480. The molecule has 0 fully saturated rings. The van der Waals surface area contributed by atoms with E-state index >= 15 is 0 Å². The van der Waals surface area contributed by atoms with E-state index < -0.39 is 5.97 Å². The highest BCUT2D eigenvalue weighted by atomic mass is 17.2. The summed E-state index contributed by atoms with van der Waals surface area (Å²) in [7, 11) is 0. The second-order valence-electron chi connectivity index (χ2n) is 8.69. The molecule has 0 aliphatic heterocycles.